The number of aromatic nitrogens is 2. The van der Waals surface area contributed by atoms with Crippen molar-refractivity contribution in [3.63, 3.8) is 0 Å². The van der Waals surface area contributed by atoms with Gasteiger partial charge in [-0.2, -0.15) is 22.7 Å². The molecule has 4 aromatic rings. The Kier molecular flexibility index (Phi) is 5.52. The molecule has 0 spiro atoms. The third-order valence-corrected chi connectivity index (χ3v) is 4.98. The molecule has 3 aromatic carbocycles. The largest absolute Gasteiger partial charge is 0.487 e. The van der Waals surface area contributed by atoms with Gasteiger partial charge in [-0.05, 0) is 42.0 Å². The molecule has 0 radical (unpaired) electrons. The minimum Gasteiger partial charge on any atom is -0.487 e. The number of nitrogens with zero attached hydrogens (tertiary/aromatic N) is 2. The Morgan fingerprint density at radius 2 is 1.58 bits per heavy atom. The van der Waals surface area contributed by atoms with Gasteiger partial charge in [0.25, 0.3) is 0 Å². The molecule has 0 saturated heterocycles. The summed E-state index contributed by atoms with van der Waals surface area (Å²) in [5.74, 6) is -6.23. The fourth-order valence-electron chi connectivity index (χ4n) is 3.23. The van der Waals surface area contributed by atoms with Crippen LogP contribution in [-0.2, 0) is 5.60 Å². The summed E-state index contributed by atoms with van der Waals surface area (Å²) < 4.78 is 101. The molecule has 33 heavy (non-hydrogen) atoms. The van der Waals surface area contributed by atoms with Gasteiger partial charge in [-0.25, -0.2) is 17.9 Å². The van der Waals surface area contributed by atoms with E-state index in [-0.39, 0.29) is 11.5 Å². The van der Waals surface area contributed by atoms with Crippen molar-refractivity contribution in [2.75, 3.05) is 6.61 Å². The van der Waals surface area contributed by atoms with Crippen molar-refractivity contribution < 1.29 is 40.6 Å². The lowest BCUT2D eigenvalue weighted by Gasteiger charge is -2.31. The van der Waals surface area contributed by atoms with Gasteiger partial charge < -0.3 is 9.84 Å². The minimum absolute atomic E-state index is 0.197. The van der Waals surface area contributed by atoms with Gasteiger partial charge in [0.05, 0.1) is 17.4 Å². The zero-order chi connectivity index (χ0) is 24.0. The maximum Gasteiger partial charge on any atom is 0.424 e. The second-order valence-corrected chi connectivity index (χ2v) is 7.15. The van der Waals surface area contributed by atoms with Crippen LogP contribution in [0.5, 0.6) is 5.75 Å². The number of ether oxygens (including phenoxy) is 1. The first-order valence-corrected chi connectivity index (χ1v) is 9.30. The number of hydrogen-bond donors (Lipinski definition) is 1. The first kappa shape index (κ1) is 22.6. The van der Waals surface area contributed by atoms with Gasteiger partial charge in [0.1, 0.15) is 18.2 Å². The van der Waals surface area contributed by atoms with Gasteiger partial charge >= 0.3 is 6.18 Å². The maximum absolute atomic E-state index is 13.8. The van der Waals surface area contributed by atoms with E-state index in [0.717, 1.165) is 12.1 Å². The van der Waals surface area contributed by atoms with E-state index >= 15 is 0 Å². The topological polar surface area (TPSA) is 47.3 Å². The molecule has 11 heteroatoms. The van der Waals surface area contributed by atoms with Crippen LogP contribution in [0.15, 0.2) is 60.8 Å². The molecule has 172 valence electrons. The molecule has 0 aliphatic rings. The van der Waals surface area contributed by atoms with Crippen LogP contribution in [-0.4, -0.2) is 27.7 Å². The average Bonchev–Trinajstić information content (AvgIpc) is 3.18. The summed E-state index contributed by atoms with van der Waals surface area (Å²) in [6, 6.07) is 8.99. The smallest absolute Gasteiger partial charge is 0.424 e. The summed E-state index contributed by atoms with van der Waals surface area (Å²) in [6.45, 7) is -1.58. The highest BCUT2D eigenvalue weighted by molar-refractivity contribution is 5.81. The number of alkyl halides is 3. The van der Waals surface area contributed by atoms with Gasteiger partial charge in [0.15, 0.2) is 11.6 Å². The fraction of sp³-hybridized carbons (Fsp3) is 0.136. The second-order valence-electron chi connectivity index (χ2n) is 7.15. The SMILES string of the molecule is OC(COc1cc(F)cc(F)c1F)(c1ccc2c(cnn2-c2ccc(F)cc2)c1)C(F)(F)F. The van der Waals surface area contributed by atoms with Gasteiger partial charge in [-0.3, -0.25) is 0 Å². The van der Waals surface area contributed by atoms with Gasteiger partial charge in [-0.1, -0.05) is 6.07 Å². The lowest BCUT2D eigenvalue weighted by molar-refractivity contribution is -0.275. The summed E-state index contributed by atoms with van der Waals surface area (Å²) >= 11 is 0. The molecule has 1 heterocycles. The average molecular weight is 470 g/mol. The fourth-order valence-corrected chi connectivity index (χ4v) is 3.23. The van der Waals surface area contributed by atoms with Crippen LogP contribution >= 0.6 is 0 Å². The molecule has 0 saturated carbocycles. The monoisotopic (exact) mass is 470 g/mol. The summed E-state index contributed by atoms with van der Waals surface area (Å²) in [5, 5.41) is 14.8. The van der Waals surface area contributed by atoms with Crippen LogP contribution in [0.3, 0.4) is 0 Å². The highest BCUT2D eigenvalue weighted by Crippen LogP contribution is 2.41. The van der Waals surface area contributed by atoms with Crippen molar-refractivity contribution in [1.82, 2.24) is 9.78 Å². The Labute approximate surface area is 181 Å². The number of halogens is 7. The zero-order valence-corrected chi connectivity index (χ0v) is 16.4. The van der Waals surface area contributed by atoms with E-state index in [4.69, 9.17) is 0 Å². The van der Waals surface area contributed by atoms with Crippen molar-refractivity contribution >= 4 is 10.9 Å². The number of benzene rings is 3. The zero-order valence-electron chi connectivity index (χ0n) is 16.4. The van der Waals surface area contributed by atoms with E-state index in [9.17, 15) is 35.8 Å². The minimum atomic E-state index is -5.30. The highest BCUT2D eigenvalue weighted by atomic mass is 19.4. The number of hydrogen-bond acceptors (Lipinski definition) is 3. The quantitative estimate of drug-likeness (QED) is 0.314. The molecule has 0 aliphatic carbocycles. The summed E-state index contributed by atoms with van der Waals surface area (Å²) in [5.41, 5.74) is -3.52. The first-order valence-electron chi connectivity index (χ1n) is 9.30. The van der Waals surface area contributed by atoms with Crippen molar-refractivity contribution in [3.8, 4) is 11.4 Å². The van der Waals surface area contributed by atoms with Crippen LogP contribution < -0.4 is 4.74 Å². The number of aliphatic hydroxyl groups is 1. The normalized spacial score (nSPS) is 13.8. The Bertz CT molecular complexity index is 1320. The molecule has 1 unspecified atom stereocenters. The lowest BCUT2D eigenvalue weighted by Crippen LogP contribution is -2.47. The van der Waals surface area contributed by atoms with E-state index in [1.165, 1.54) is 41.2 Å². The Balaban J connectivity index is 1.71. The third kappa shape index (κ3) is 4.11. The van der Waals surface area contributed by atoms with E-state index in [1.807, 2.05) is 0 Å². The van der Waals surface area contributed by atoms with Crippen LogP contribution in [0.25, 0.3) is 16.6 Å². The molecule has 0 bridgehead atoms. The molecule has 1 aromatic heterocycles. The van der Waals surface area contributed by atoms with Gasteiger partial charge in [0, 0.05) is 17.5 Å². The molecule has 4 rings (SSSR count). The predicted octanol–water partition coefficient (Wildman–Crippen LogP) is 5.41. The third-order valence-electron chi connectivity index (χ3n) is 4.98. The van der Waals surface area contributed by atoms with E-state index < -0.39 is 53.0 Å². The molecule has 0 aliphatic heterocycles. The van der Waals surface area contributed by atoms with Crippen LogP contribution in [0, 0.1) is 23.3 Å². The summed E-state index contributed by atoms with van der Waals surface area (Å²) in [6.07, 6.45) is -4.06. The van der Waals surface area contributed by atoms with Crippen LogP contribution in [0.1, 0.15) is 5.56 Å². The van der Waals surface area contributed by atoms with E-state index in [1.54, 1.807) is 0 Å². The molecule has 0 fully saturated rings. The molecule has 4 nitrogen and oxygen atoms in total. The second kappa shape index (κ2) is 8.07. The highest BCUT2D eigenvalue weighted by Gasteiger charge is 2.56. The van der Waals surface area contributed by atoms with Crippen molar-refractivity contribution in [3.05, 3.63) is 89.6 Å². The maximum atomic E-state index is 13.8. The standard InChI is InChI=1S/C22H13F7N2O2/c23-14-2-4-16(5-3-14)31-18-6-1-13(7-12(18)10-30-31)21(32,22(27,28)29)11-33-19-9-15(24)8-17(25)20(19)26/h1-10,32H,11H2. The summed E-state index contributed by atoms with van der Waals surface area (Å²) in [7, 11) is 0. The lowest BCUT2D eigenvalue weighted by atomic mass is 9.93. The Morgan fingerprint density at radius 3 is 2.24 bits per heavy atom. The number of fused-ring (bicyclic) bond motifs is 1. The van der Waals surface area contributed by atoms with Crippen LogP contribution in [0.2, 0.25) is 0 Å². The van der Waals surface area contributed by atoms with E-state index in [0.29, 0.717) is 17.3 Å². The molecule has 1 N–H and O–H groups in total. The van der Waals surface area contributed by atoms with Crippen LogP contribution in [0.4, 0.5) is 30.7 Å². The molecule has 0 amide bonds. The predicted molar refractivity (Wildman–Crippen MR) is 103 cm³/mol. The molecular weight excluding hydrogens is 457 g/mol. The Morgan fingerprint density at radius 1 is 0.879 bits per heavy atom. The molecule has 1 atom stereocenters. The molecular formula is C22H13F7N2O2. The van der Waals surface area contributed by atoms with Crippen molar-refractivity contribution in [2.45, 2.75) is 11.8 Å². The van der Waals surface area contributed by atoms with Gasteiger partial charge in [0.2, 0.25) is 11.4 Å². The summed E-state index contributed by atoms with van der Waals surface area (Å²) in [4.78, 5) is 0. The first-order chi connectivity index (χ1) is 15.5. The Hall–Kier alpha value is -3.60. The van der Waals surface area contributed by atoms with E-state index in [2.05, 4.69) is 9.84 Å². The van der Waals surface area contributed by atoms with Crippen molar-refractivity contribution in [2.24, 2.45) is 0 Å². The van der Waals surface area contributed by atoms with Crippen molar-refractivity contribution in [1.29, 1.82) is 0 Å². The van der Waals surface area contributed by atoms with Gasteiger partial charge in [-0.15, -0.1) is 0 Å². The number of rotatable bonds is 5.